The van der Waals surface area contributed by atoms with Crippen molar-refractivity contribution in [2.24, 2.45) is 0 Å². The van der Waals surface area contributed by atoms with Crippen molar-refractivity contribution in [3.63, 3.8) is 0 Å². The van der Waals surface area contributed by atoms with Crippen LogP contribution in [0, 0.1) is 13.8 Å². The molecule has 1 saturated heterocycles. The molecule has 0 saturated carbocycles. The third-order valence-electron chi connectivity index (χ3n) is 6.52. The highest BCUT2D eigenvalue weighted by Gasteiger charge is 2.23. The van der Waals surface area contributed by atoms with Crippen molar-refractivity contribution < 1.29 is 9.21 Å². The molecule has 1 aromatic carbocycles. The predicted octanol–water partition coefficient (Wildman–Crippen LogP) is 5.51. The van der Waals surface area contributed by atoms with E-state index in [4.69, 9.17) is 21.0 Å². The summed E-state index contributed by atoms with van der Waals surface area (Å²) in [5.74, 6) is 1.75. The summed E-state index contributed by atoms with van der Waals surface area (Å²) in [5, 5.41) is 6.19. The Morgan fingerprint density at radius 2 is 1.94 bits per heavy atom. The van der Waals surface area contributed by atoms with Gasteiger partial charge in [-0.25, -0.2) is 4.98 Å². The van der Waals surface area contributed by atoms with Gasteiger partial charge in [0.1, 0.15) is 11.6 Å². The van der Waals surface area contributed by atoms with Crippen molar-refractivity contribution in [2.75, 3.05) is 18.0 Å². The van der Waals surface area contributed by atoms with Crippen LogP contribution in [0.4, 0.5) is 5.82 Å². The van der Waals surface area contributed by atoms with E-state index in [1.54, 1.807) is 6.26 Å². The Kier molecular flexibility index (Phi) is 6.77. The molecule has 4 aromatic rings. The minimum Gasteiger partial charge on any atom is -0.467 e. The van der Waals surface area contributed by atoms with Gasteiger partial charge in [0.2, 0.25) is 5.91 Å². The van der Waals surface area contributed by atoms with Crippen LogP contribution in [0.15, 0.2) is 53.1 Å². The fourth-order valence-corrected chi connectivity index (χ4v) is 4.95. The molecule has 0 bridgehead atoms. The Labute approximate surface area is 210 Å². The molecular weight excluding hydrogens is 462 g/mol. The summed E-state index contributed by atoms with van der Waals surface area (Å²) >= 11 is 6.25. The number of hydrogen-bond acceptors (Lipinski definition) is 5. The lowest BCUT2D eigenvalue weighted by Gasteiger charge is -2.26. The molecule has 0 N–H and O–H groups in total. The van der Waals surface area contributed by atoms with Crippen LogP contribution in [-0.4, -0.2) is 38.7 Å². The molecule has 0 spiro atoms. The van der Waals surface area contributed by atoms with Crippen molar-refractivity contribution in [2.45, 2.75) is 52.7 Å². The van der Waals surface area contributed by atoms with Gasteiger partial charge in [0.15, 0.2) is 0 Å². The van der Waals surface area contributed by atoms with E-state index in [0.29, 0.717) is 31.1 Å². The Morgan fingerprint density at radius 1 is 1.11 bits per heavy atom. The van der Waals surface area contributed by atoms with Crippen LogP contribution in [0.3, 0.4) is 0 Å². The molecule has 1 amide bonds. The normalized spacial score (nSPS) is 13.6. The standard InChI is InChI=1S/C27H30ClN5O2/c1-19-14-20(2)33(30-19)12-9-26(34)32(18-24-6-5-13-35-24)17-22-15-21-7-8-23(28)16-25(21)29-27(22)31-10-3-4-11-31/h5-8,13-16H,3-4,9-12,17-18H2,1-2H3. The molecule has 35 heavy (non-hydrogen) atoms. The van der Waals surface area contributed by atoms with Crippen LogP contribution in [0.1, 0.15) is 42.0 Å². The zero-order valence-electron chi connectivity index (χ0n) is 20.2. The topological polar surface area (TPSA) is 67.4 Å². The minimum atomic E-state index is 0.0533. The highest BCUT2D eigenvalue weighted by molar-refractivity contribution is 6.31. The van der Waals surface area contributed by atoms with Gasteiger partial charge < -0.3 is 14.2 Å². The van der Waals surface area contributed by atoms with Crippen molar-refractivity contribution in [1.82, 2.24) is 19.7 Å². The van der Waals surface area contributed by atoms with Gasteiger partial charge in [-0.15, -0.1) is 0 Å². The van der Waals surface area contributed by atoms with E-state index in [1.165, 1.54) is 0 Å². The fourth-order valence-electron chi connectivity index (χ4n) is 4.78. The Balaban J connectivity index is 1.45. The number of amides is 1. The number of furan rings is 1. The molecule has 1 fully saturated rings. The third-order valence-corrected chi connectivity index (χ3v) is 6.76. The van der Waals surface area contributed by atoms with Gasteiger partial charge >= 0.3 is 0 Å². The second-order valence-corrected chi connectivity index (χ2v) is 9.67. The van der Waals surface area contributed by atoms with Crippen LogP contribution in [0.25, 0.3) is 10.9 Å². The SMILES string of the molecule is Cc1cc(C)n(CCC(=O)N(Cc2ccco2)Cc2cc3ccc(Cl)cc3nc2N2CCCC2)n1. The molecule has 8 heteroatoms. The minimum absolute atomic E-state index is 0.0533. The van der Waals surface area contributed by atoms with Crippen LogP contribution >= 0.6 is 11.6 Å². The summed E-state index contributed by atoms with van der Waals surface area (Å²) in [6, 6.07) is 13.7. The molecule has 4 heterocycles. The van der Waals surface area contributed by atoms with Gasteiger partial charge in [0, 0.05) is 54.3 Å². The zero-order chi connectivity index (χ0) is 24.4. The molecule has 5 rings (SSSR count). The Hall–Kier alpha value is -3.32. The maximum absolute atomic E-state index is 13.5. The lowest BCUT2D eigenvalue weighted by atomic mass is 10.1. The van der Waals surface area contributed by atoms with Gasteiger partial charge in [-0.1, -0.05) is 17.7 Å². The number of hydrogen-bond donors (Lipinski definition) is 0. The first kappa shape index (κ1) is 23.4. The highest BCUT2D eigenvalue weighted by Crippen LogP contribution is 2.29. The molecule has 182 valence electrons. The predicted molar refractivity (Wildman–Crippen MR) is 137 cm³/mol. The average Bonchev–Trinajstić information content (AvgIpc) is 3.60. The van der Waals surface area contributed by atoms with Crippen molar-refractivity contribution >= 4 is 34.2 Å². The molecule has 0 unspecified atom stereocenters. The first-order chi connectivity index (χ1) is 17.0. The number of aryl methyl sites for hydroxylation is 3. The Bertz CT molecular complexity index is 1330. The molecule has 1 aliphatic heterocycles. The highest BCUT2D eigenvalue weighted by atomic mass is 35.5. The van der Waals surface area contributed by atoms with Gasteiger partial charge in [0.25, 0.3) is 0 Å². The van der Waals surface area contributed by atoms with Crippen molar-refractivity contribution in [3.8, 4) is 0 Å². The molecule has 0 aliphatic carbocycles. The number of nitrogens with zero attached hydrogens (tertiary/aromatic N) is 5. The number of fused-ring (bicyclic) bond motifs is 1. The van der Waals surface area contributed by atoms with Gasteiger partial charge in [-0.2, -0.15) is 5.10 Å². The first-order valence-corrected chi connectivity index (χ1v) is 12.5. The number of rotatable bonds is 8. The Morgan fingerprint density at radius 3 is 2.66 bits per heavy atom. The van der Waals surface area contributed by atoms with Crippen LogP contribution in [-0.2, 0) is 24.4 Å². The molecule has 0 radical (unpaired) electrons. The van der Waals surface area contributed by atoms with Crippen molar-refractivity contribution in [3.05, 3.63) is 76.5 Å². The number of benzene rings is 1. The van der Waals surface area contributed by atoms with Crippen LogP contribution in [0.2, 0.25) is 5.02 Å². The van der Waals surface area contributed by atoms with Gasteiger partial charge in [-0.05, 0) is 63.1 Å². The quantitative estimate of drug-likeness (QED) is 0.325. The van der Waals surface area contributed by atoms with E-state index < -0.39 is 0 Å². The monoisotopic (exact) mass is 491 g/mol. The molecule has 7 nitrogen and oxygen atoms in total. The zero-order valence-corrected chi connectivity index (χ0v) is 21.0. The number of halogens is 1. The lowest BCUT2D eigenvalue weighted by molar-refractivity contribution is -0.133. The van der Waals surface area contributed by atoms with E-state index in [1.807, 2.05) is 59.8 Å². The van der Waals surface area contributed by atoms with Crippen molar-refractivity contribution in [1.29, 1.82) is 0 Å². The number of anilines is 1. The summed E-state index contributed by atoms with van der Waals surface area (Å²) in [4.78, 5) is 22.7. The van der Waals surface area contributed by atoms with Gasteiger partial charge in [-0.3, -0.25) is 9.48 Å². The molecule has 0 atom stereocenters. The third kappa shape index (κ3) is 5.35. The van der Waals surface area contributed by atoms with E-state index in [-0.39, 0.29) is 5.91 Å². The van der Waals surface area contributed by atoms with E-state index in [9.17, 15) is 4.79 Å². The van der Waals surface area contributed by atoms with E-state index in [0.717, 1.165) is 65.4 Å². The van der Waals surface area contributed by atoms with E-state index in [2.05, 4.69) is 16.1 Å². The smallest absolute Gasteiger partial charge is 0.225 e. The second kappa shape index (κ2) is 10.1. The van der Waals surface area contributed by atoms with Gasteiger partial charge in [0.05, 0.1) is 24.0 Å². The number of carbonyl (C=O) groups is 1. The summed E-state index contributed by atoms with van der Waals surface area (Å²) in [7, 11) is 0. The van der Waals surface area contributed by atoms with E-state index >= 15 is 0 Å². The molecular formula is C27H30ClN5O2. The maximum atomic E-state index is 13.5. The summed E-state index contributed by atoms with van der Waals surface area (Å²) in [6.45, 7) is 7.32. The average molecular weight is 492 g/mol. The number of aromatic nitrogens is 3. The molecule has 3 aromatic heterocycles. The second-order valence-electron chi connectivity index (χ2n) is 9.23. The fraction of sp³-hybridized carbons (Fsp3) is 0.370. The number of carbonyl (C=O) groups excluding carboxylic acids is 1. The van der Waals surface area contributed by atoms with Crippen LogP contribution < -0.4 is 4.90 Å². The summed E-state index contributed by atoms with van der Waals surface area (Å²) in [5.41, 5.74) is 3.92. The summed E-state index contributed by atoms with van der Waals surface area (Å²) < 4.78 is 7.50. The first-order valence-electron chi connectivity index (χ1n) is 12.1. The largest absolute Gasteiger partial charge is 0.467 e. The molecule has 1 aliphatic rings. The lowest BCUT2D eigenvalue weighted by Crippen LogP contribution is -2.32. The summed E-state index contributed by atoms with van der Waals surface area (Å²) in [6.07, 6.45) is 4.29. The maximum Gasteiger partial charge on any atom is 0.225 e. The number of pyridine rings is 1. The van der Waals surface area contributed by atoms with Crippen LogP contribution in [0.5, 0.6) is 0 Å².